The number of ether oxygens (including phenoxy) is 1. The first kappa shape index (κ1) is 13.0. The molecular formula is C14H17FN2OS. The molecule has 1 aromatic rings. The maximum Gasteiger partial charge on any atom is 0.133 e. The van der Waals surface area contributed by atoms with Crippen molar-refractivity contribution in [3.8, 4) is 0 Å². The Morgan fingerprint density at radius 1 is 1.37 bits per heavy atom. The van der Waals surface area contributed by atoms with E-state index in [0.29, 0.717) is 17.8 Å². The van der Waals surface area contributed by atoms with Crippen LogP contribution >= 0.6 is 12.2 Å². The number of nitrogens with zero attached hydrogens (tertiary/aromatic N) is 1. The van der Waals surface area contributed by atoms with Crippen LogP contribution in [0.2, 0.25) is 0 Å². The van der Waals surface area contributed by atoms with Crippen molar-refractivity contribution in [2.75, 3.05) is 13.1 Å². The molecule has 2 heterocycles. The monoisotopic (exact) mass is 280 g/mol. The Hall–Kier alpha value is -1.04. The van der Waals surface area contributed by atoms with Gasteiger partial charge in [0.15, 0.2) is 0 Å². The molecule has 2 unspecified atom stereocenters. The van der Waals surface area contributed by atoms with E-state index in [0.717, 1.165) is 38.0 Å². The van der Waals surface area contributed by atoms with Crippen molar-refractivity contribution < 1.29 is 9.13 Å². The van der Waals surface area contributed by atoms with Crippen LogP contribution in [0.1, 0.15) is 24.0 Å². The maximum atomic E-state index is 13.5. The third kappa shape index (κ3) is 2.78. The minimum atomic E-state index is -0.349. The Kier molecular flexibility index (Phi) is 3.52. The van der Waals surface area contributed by atoms with Gasteiger partial charge in [-0.05, 0) is 30.5 Å². The highest BCUT2D eigenvalue weighted by Crippen LogP contribution is 2.27. The number of morpholine rings is 1. The lowest BCUT2D eigenvalue weighted by atomic mass is 10.1. The van der Waals surface area contributed by atoms with Gasteiger partial charge in [-0.2, -0.15) is 0 Å². The number of hydrogen-bond acceptors (Lipinski definition) is 3. The van der Waals surface area contributed by atoms with Crippen molar-refractivity contribution in [2.24, 2.45) is 5.73 Å². The average Bonchev–Trinajstić information content (AvgIpc) is 2.71. The summed E-state index contributed by atoms with van der Waals surface area (Å²) in [6.07, 6.45) is 3.05. The summed E-state index contributed by atoms with van der Waals surface area (Å²) in [6.45, 7) is 2.71. The van der Waals surface area contributed by atoms with Gasteiger partial charge in [-0.15, -0.1) is 0 Å². The third-order valence-corrected chi connectivity index (χ3v) is 4.04. The highest BCUT2D eigenvalue weighted by Gasteiger charge is 2.33. The lowest BCUT2D eigenvalue weighted by molar-refractivity contribution is -0.0410. The summed E-state index contributed by atoms with van der Waals surface area (Å²) < 4.78 is 19.3. The molecule has 2 aliphatic rings. The first-order valence-electron chi connectivity index (χ1n) is 6.58. The first-order valence-corrected chi connectivity index (χ1v) is 6.98. The van der Waals surface area contributed by atoms with Gasteiger partial charge in [0.1, 0.15) is 10.8 Å². The molecule has 19 heavy (non-hydrogen) atoms. The maximum absolute atomic E-state index is 13.5. The van der Waals surface area contributed by atoms with E-state index < -0.39 is 0 Å². The van der Waals surface area contributed by atoms with Gasteiger partial charge in [0.2, 0.25) is 0 Å². The Labute approximate surface area is 117 Å². The normalized spacial score (nSPS) is 26.6. The minimum absolute atomic E-state index is 0.112. The van der Waals surface area contributed by atoms with Crippen molar-refractivity contribution >= 4 is 17.2 Å². The number of halogens is 1. The van der Waals surface area contributed by atoms with Gasteiger partial charge >= 0.3 is 0 Å². The number of benzene rings is 1. The highest BCUT2D eigenvalue weighted by atomic mass is 32.1. The molecule has 2 N–H and O–H groups in total. The Morgan fingerprint density at radius 3 is 2.68 bits per heavy atom. The van der Waals surface area contributed by atoms with Crippen molar-refractivity contribution in [3.63, 3.8) is 0 Å². The van der Waals surface area contributed by atoms with Crippen LogP contribution in [0.3, 0.4) is 0 Å². The standard InChI is InChI=1S/C14H17FN2OS/c15-13-4-1-9(5-12(13)14(16)19)6-17-7-10-2-3-11(8-17)18-10/h1,4-5,10-11H,2-3,6-8H2,(H2,16,19). The van der Waals surface area contributed by atoms with Gasteiger partial charge in [-0.3, -0.25) is 4.90 Å². The van der Waals surface area contributed by atoms with Crippen LogP contribution in [-0.2, 0) is 11.3 Å². The number of rotatable bonds is 3. The quantitative estimate of drug-likeness (QED) is 0.857. The van der Waals surface area contributed by atoms with Gasteiger partial charge in [-0.1, -0.05) is 18.3 Å². The predicted molar refractivity (Wildman–Crippen MR) is 75.5 cm³/mol. The molecule has 2 aliphatic heterocycles. The largest absolute Gasteiger partial charge is 0.389 e. The van der Waals surface area contributed by atoms with E-state index in [1.165, 1.54) is 6.07 Å². The van der Waals surface area contributed by atoms with Crippen molar-refractivity contribution in [2.45, 2.75) is 31.6 Å². The lowest BCUT2D eigenvalue weighted by Gasteiger charge is -2.32. The number of nitrogens with two attached hydrogens (primary N) is 1. The average molecular weight is 280 g/mol. The van der Waals surface area contributed by atoms with Crippen LogP contribution in [-0.4, -0.2) is 35.2 Å². The molecular weight excluding hydrogens is 263 g/mol. The topological polar surface area (TPSA) is 38.5 Å². The molecule has 2 atom stereocenters. The highest BCUT2D eigenvalue weighted by molar-refractivity contribution is 7.80. The fourth-order valence-electron chi connectivity index (χ4n) is 2.95. The molecule has 0 radical (unpaired) electrons. The molecule has 0 aliphatic carbocycles. The Balaban J connectivity index is 1.73. The Morgan fingerprint density at radius 2 is 2.05 bits per heavy atom. The van der Waals surface area contributed by atoms with E-state index in [4.69, 9.17) is 22.7 Å². The van der Waals surface area contributed by atoms with Gasteiger partial charge in [-0.25, -0.2) is 4.39 Å². The van der Waals surface area contributed by atoms with Crippen molar-refractivity contribution in [3.05, 3.63) is 35.1 Å². The summed E-state index contributed by atoms with van der Waals surface area (Å²) in [4.78, 5) is 2.48. The summed E-state index contributed by atoms with van der Waals surface area (Å²) in [5, 5.41) is 0. The van der Waals surface area contributed by atoms with E-state index >= 15 is 0 Å². The molecule has 5 heteroatoms. The van der Waals surface area contributed by atoms with Crippen LogP contribution < -0.4 is 5.73 Å². The molecule has 2 saturated heterocycles. The summed E-state index contributed by atoms with van der Waals surface area (Å²) in [5.41, 5.74) is 6.91. The first-order chi connectivity index (χ1) is 9.11. The molecule has 1 aromatic carbocycles. The van der Waals surface area contributed by atoms with Crippen LogP contribution in [0, 0.1) is 5.82 Å². The number of hydrogen-bond donors (Lipinski definition) is 1. The zero-order valence-electron chi connectivity index (χ0n) is 10.6. The van der Waals surface area contributed by atoms with E-state index in [1.807, 2.05) is 0 Å². The molecule has 0 spiro atoms. The molecule has 3 nitrogen and oxygen atoms in total. The van der Waals surface area contributed by atoms with E-state index in [2.05, 4.69) is 4.90 Å². The zero-order chi connectivity index (χ0) is 13.4. The lowest BCUT2D eigenvalue weighted by Crippen LogP contribution is -2.42. The van der Waals surface area contributed by atoms with Gasteiger partial charge in [0, 0.05) is 25.2 Å². The van der Waals surface area contributed by atoms with Gasteiger partial charge in [0.25, 0.3) is 0 Å². The fourth-order valence-corrected chi connectivity index (χ4v) is 3.10. The smallest absolute Gasteiger partial charge is 0.133 e. The molecule has 0 aromatic heterocycles. The third-order valence-electron chi connectivity index (χ3n) is 3.82. The fraction of sp³-hybridized carbons (Fsp3) is 0.500. The minimum Gasteiger partial charge on any atom is -0.389 e. The van der Waals surface area contributed by atoms with Gasteiger partial charge in [0.05, 0.1) is 12.2 Å². The number of thiocarbonyl (C=S) groups is 1. The molecule has 102 valence electrons. The second-order valence-electron chi connectivity index (χ2n) is 5.33. The molecule has 0 amide bonds. The second kappa shape index (κ2) is 5.15. The van der Waals surface area contributed by atoms with Crippen LogP contribution in [0.15, 0.2) is 18.2 Å². The summed E-state index contributed by atoms with van der Waals surface area (Å²) in [5.74, 6) is -0.349. The van der Waals surface area contributed by atoms with Crippen molar-refractivity contribution in [1.29, 1.82) is 0 Å². The SMILES string of the molecule is NC(=S)c1cc(CN2CC3CCC(C2)O3)ccc1F. The molecule has 0 saturated carbocycles. The molecule has 3 rings (SSSR count). The molecule has 2 fully saturated rings. The summed E-state index contributed by atoms with van der Waals surface area (Å²) in [7, 11) is 0. The number of likely N-dealkylation sites (tertiary alicyclic amines) is 1. The summed E-state index contributed by atoms with van der Waals surface area (Å²) >= 11 is 4.87. The van der Waals surface area contributed by atoms with Gasteiger partial charge < -0.3 is 10.5 Å². The predicted octanol–water partition coefficient (Wildman–Crippen LogP) is 1.82. The summed E-state index contributed by atoms with van der Waals surface area (Å²) in [6, 6.07) is 5.00. The van der Waals surface area contributed by atoms with Crippen LogP contribution in [0.5, 0.6) is 0 Å². The van der Waals surface area contributed by atoms with Crippen LogP contribution in [0.4, 0.5) is 4.39 Å². The second-order valence-corrected chi connectivity index (χ2v) is 5.77. The van der Waals surface area contributed by atoms with Crippen molar-refractivity contribution in [1.82, 2.24) is 4.90 Å². The van der Waals surface area contributed by atoms with E-state index in [-0.39, 0.29) is 10.8 Å². The number of fused-ring (bicyclic) bond motifs is 2. The van der Waals surface area contributed by atoms with E-state index in [9.17, 15) is 4.39 Å². The van der Waals surface area contributed by atoms with Crippen LogP contribution in [0.25, 0.3) is 0 Å². The molecule has 2 bridgehead atoms. The Bertz CT molecular complexity index is 496. The van der Waals surface area contributed by atoms with E-state index in [1.54, 1.807) is 12.1 Å². The zero-order valence-corrected chi connectivity index (χ0v) is 11.5.